The number of rotatable bonds is 4. The summed E-state index contributed by atoms with van der Waals surface area (Å²) in [5.41, 5.74) is 2.55. The normalized spacial score (nSPS) is 22.6. The average Bonchev–Trinajstić information content (AvgIpc) is 2.97. The maximum Gasteiger partial charge on any atom is 0.150 e. The molecule has 0 amide bonds. The van der Waals surface area contributed by atoms with Crippen molar-refractivity contribution in [2.24, 2.45) is 0 Å². The highest BCUT2D eigenvalue weighted by Crippen LogP contribution is 2.49. The molecule has 2 aliphatic rings. The van der Waals surface area contributed by atoms with E-state index in [-0.39, 0.29) is 0 Å². The van der Waals surface area contributed by atoms with E-state index in [9.17, 15) is 4.79 Å². The van der Waals surface area contributed by atoms with Gasteiger partial charge in [0.05, 0.1) is 0 Å². The number of hydrogen-bond donors (Lipinski definition) is 0. The van der Waals surface area contributed by atoms with Crippen molar-refractivity contribution in [3.63, 3.8) is 0 Å². The van der Waals surface area contributed by atoms with Crippen LogP contribution in [0.3, 0.4) is 0 Å². The first-order valence-corrected chi connectivity index (χ1v) is 6.61. The zero-order valence-electron chi connectivity index (χ0n) is 10.2. The molecule has 2 nitrogen and oxygen atoms in total. The Morgan fingerprint density at radius 1 is 1.24 bits per heavy atom. The Balaban J connectivity index is 1.79. The van der Waals surface area contributed by atoms with E-state index in [0.29, 0.717) is 5.41 Å². The van der Waals surface area contributed by atoms with Crippen molar-refractivity contribution in [1.82, 2.24) is 4.90 Å². The van der Waals surface area contributed by atoms with Crippen molar-refractivity contribution in [1.29, 1.82) is 0 Å². The van der Waals surface area contributed by atoms with E-state index in [1.807, 2.05) is 12.1 Å². The van der Waals surface area contributed by atoms with Gasteiger partial charge in [0.25, 0.3) is 0 Å². The van der Waals surface area contributed by atoms with Crippen LogP contribution in [-0.4, -0.2) is 30.8 Å². The lowest BCUT2D eigenvalue weighted by molar-refractivity contribution is 0.112. The Morgan fingerprint density at radius 2 is 2.00 bits per heavy atom. The molecule has 1 saturated carbocycles. The molecular weight excluding hydrogens is 210 g/mol. The first-order valence-electron chi connectivity index (χ1n) is 6.61. The van der Waals surface area contributed by atoms with E-state index in [4.69, 9.17) is 0 Å². The van der Waals surface area contributed by atoms with Crippen molar-refractivity contribution >= 4 is 6.29 Å². The van der Waals surface area contributed by atoms with E-state index in [1.54, 1.807) is 0 Å². The van der Waals surface area contributed by atoms with E-state index >= 15 is 0 Å². The molecule has 0 bridgehead atoms. The molecule has 1 aliphatic heterocycles. The molecule has 0 unspecified atom stereocenters. The number of likely N-dealkylation sites (tertiary alicyclic amines) is 1. The summed E-state index contributed by atoms with van der Waals surface area (Å²) in [6.45, 7) is 3.71. The van der Waals surface area contributed by atoms with Gasteiger partial charge in [-0.25, -0.2) is 0 Å². The van der Waals surface area contributed by atoms with Crippen molar-refractivity contribution in [2.45, 2.75) is 31.1 Å². The summed E-state index contributed by atoms with van der Waals surface area (Å²) in [4.78, 5) is 13.4. The Hall–Kier alpha value is -1.15. The quantitative estimate of drug-likeness (QED) is 0.740. The summed E-state index contributed by atoms with van der Waals surface area (Å²) in [5, 5.41) is 0. The minimum Gasteiger partial charge on any atom is -0.302 e. The Kier molecular flexibility index (Phi) is 2.75. The lowest BCUT2D eigenvalue weighted by Crippen LogP contribution is -2.30. The third kappa shape index (κ3) is 2.14. The Bertz CT molecular complexity index is 417. The third-order valence-electron chi connectivity index (χ3n) is 4.21. The predicted octanol–water partition coefficient (Wildman–Crippen LogP) is 2.63. The van der Waals surface area contributed by atoms with Crippen molar-refractivity contribution in [3.05, 3.63) is 35.4 Å². The van der Waals surface area contributed by atoms with Crippen molar-refractivity contribution in [2.75, 3.05) is 19.6 Å². The van der Waals surface area contributed by atoms with Crippen LogP contribution in [0.2, 0.25) is 0 Å². The van der Waals surface area contributed by atoms with Crippen LogP contribution in [0.5, 0.6) is 0 Å². The molecule has 1 aromatic rings. The second-order valence-corrected chi connectivity index (χ2v) is 5.51. The summed E-state index contributed by atoms with van der Waals surface area (Å²) in [6.07, 6.45) is 6.22. The fourth-order valence-corrected chi connectivity index (χ4v) is 3.00. The molecule has 0 atom stereocenters. The number of carbonyl (C=O) groups excluding carboxylic acids is 1. The molecule has 1 aliphatic carbocycles. The predicted molar refractivity (Wildman–Crippen MR) is 68.4 cm³/mol. The Morgan fingerprint density at radius 3 is 2.65 bits per heavy atom. The maximum atomic E-state index is 10.8. The molecule has 0 N–H and O–H groups in total. The van der Waals surface area contributed by atoms with Gasteiger partial charge in [-0.2, -0.15) is 0 Å². The zero-order chi connectivity index (χ0) is 11.7. The van der Waals surface area contributed by atoms with Crippen molar-refractivity contribution in [3.8, 4) is 0 Å². The average molecular weight is 229 g/mol. The fourth-order valence-electron chi connectivity index (χ4n) is 3.00. The largest absolute Gasteiger partial charge is 0.302 e. The lowest BCUT2D eigenvalue weighted by Gasteiger charge is -2.23. The summed E-state index contributed by atoms with van der Waals surface area (Å²) < 4.78 is 0. The minimum atomic E-state index is 0.364. The standard InChI is InChI=1S/C15H19NO/c17-11-13-4-3-5-14(10-13)15(6-7-15)12-16-8-1-2-9-16/h3-5,10-11H,1-2,6-9,12H2. The number of aldehydes is 1. The smallest absolute Gasteiger partial charge is 0.150 e. The molecular formula is C15H19NO. The molecule has 1 heterocycles. The van der Waals surface area contributed by atoms with Gasteiger partial charge in [-0.15, -0.1) is 0 Å². The first-order chi connectivity index (χ1) is 8.32. The van der Waals surface area contributed by atoms with Gasteiger partial charge < -0.3 is 4.90 Å². The highest BCUT2D eigenvalue weighted by molar-refractivity contribution is 5.75. The van der Waals surface area contributed by atoms with Crippen LogP contribution < -0.4 is 0 Å². The van der Waals surface area contributed by atoms with Crippen LogP contribution in [0.25, 0.3) is 0 Å². The van der Waals surface area contributed by atoms with E-state index < -0.39 is 0 Å². The molecule has 2 heteroatoms. The summed E-state index contributed by atoms with van der Waals surface area (Å²) in [5.74, 6) is 0. The summed E-state index contributed by atoms with van der Waals surface area (Å²) in [7, 11) is 0. The van der Waals surface area contributed by atoms with Crippen LogP contribution >= 0.6 is 0 Å². The molecule has 1 aromatic carbocycles. The van der Waals surface area contributed by atoms with E-state index in [2.05, 4.69) is 17.0 Å². The van der Waals surface area contributed by atoms with Gasteiger partial charge in [0.15, 0.2) is 0 Å². The number of nitrogens with zero attached hydrogens (tertiary/aromatic N) is 1. The minimum absolute atomic E-state index is 0.364. The fraction of sp³-hybridized carbons (Fsp3) is 0.533. The van der Waals surface area contributed by atoms with Crippen LogP contribution in [0.1, 0.15) is 41.6 Å². The van der Waals surface area contributed by atoms with Gasteiger partial charge in [0.2, 0.25) is 0 Å². The van der Waals surface area contributed by atoms with Crippen LogP contribution in [0.15, 0.2) is 24.3 Å². The monoisotopic (exact) mass is 229 g/mol. The van der Waals surface area contributed by atoms with Crippen LogP contribution in [-0.2, 0) is 5.41 Å². The van der Waals surface area contributed by atoms with Crippen LogP contribution in [0.4, 0.5) is 0 Å². The number of benzene rings is 1. The van der Waals surface area contributed by atoms with E-state index in [1.165, 1.54) is 50.9 Å². The second-order valence-electron chi connectivity index (χ2n) is 5.51. The van der Waals surface area contributed by atoms with Gasteiger partial charge in [-0.3, -0.25) is 4.79 Å². The molecule has 2 fully saturated rings. The van der Waals surface area contributed by atoms with Crippen molar-refractivity contribution < 1.29 is 4.79 Å². The molecule has 90 valence electrons. The first kappa shape index (κ1) is 11.0. The SMILES string of the molecule is O=Cc1cccc(C2(CN3CCCC3)CC2)c1. The van der Waals surface area contributed by atoms with Gasteiger partial charge >= 0.3 is 0 Å². The van der Waals surface area contributed by atoms with E-state index in [0.717, 1.165) is 11.8 Å². The highest BCUT2D eigenvalue weighted by atomic mass is 16.1. The molecule has 1 saturated heterocycles. The van der Waals surface area contributed by atoms with Crippen LogP contribution in [0, 0.1) is 0 Å². The van der Waals surface area contributed by atoms with Gasteiger partial charge in [0.1, 0.15) is 6.29 Å². The lowest BCUT2D eigenvalue weighted by atomic mass is 9.94. The third-order valence-corrected chi connectivity index (χ3v) is 4.21. The molecule has 0 spiro atoms. The summed E-state index contributed by atoms with van der Waals surface area (Å²) in [6, 6.07) is 8.18. The second kappa shape index (κ2) is 4.26. The number of hydrogen-bond acceptors (Lipinski definition) is 2. The van der Waals surface area contributed by atoms with Gasteiger partial charge in [-0.1, -0.05) is 18.2 Å². The molecule has 0 radical (unpaired) electrons. The zero-order valence-corrected chi connectivity index (χ0v) is 10.2. The topological polar surface area (TPSA) is 20.3 Å². The molecule has 17 heavy (non-hydrogen) atoms. The maximum absolute atomic E-state index is 10.8. The highest BCUT2D eigenvalue weighted by Gasteiger charge is 2.45. The number of carbonyl (C=O) groups is 1. The summed E-state index contributed by atoms with van der Waals surface area (Å²) >= 11 is 0. The van der Waals surface area contributed by atoms with Gasteiger partial charge in [0, 0.05) is 17.5 Å². The van der Waals surface area contributed by atoms with Gasteiger partial charge in [-0.05, 0) is 50.4 Å². The molecule has 0 aromatic heterocycles. The molecule has 3 rings (SSSR count). The Labute approximate surface area is 103 Å².